The molecule has 4 nitrogen and oxygen atoms in total. The van der Waals surface area contributed by atoms with E-state index in [0.717, 1.165) is 30.4 Å². The van der Waals surface area contributed by atoms with E-state index < -0.39 is 0 Å². The summed E-state index contributed by atoms with van der Waals surface area (Å²) >= 11 is 1.39. The van der Waals surface area contributed by atoms with E-state index >= 15 is 0 Å². The molecule has 0 radical (unpaired) electrons. The average Bonchev–Trinajstić information content (AvgIpc) is 3.12. The van der Waals surface area contributed by atoms with Gasteiger partial charge in [-0.1, -0.05) is 50.5 Å². The van der Waals surface area contributed by atoms with E-state index in [1.807, 2.05) is 17.5 Å². The number of hydrogen-bond acceptors (Lipinski definition) is 4. The van der Waals surface area contributed by atoms with Gasteiger partial charge >= 0.3 is 5.97 Å². The highest BCUT2D eigenvalue weighted by molar-refractivity contribution is 7.15. The summed E-state index contributed by atoms with van der Waals surface area (Å²) in [4.78, 5) is 25.2. The second kappa shape index (κ2) is 9.87. The number of rotatable bonds is 7. The number of carbonyl (C=O) groups is 2. The van der Waals surface area contributed by atoms with Crippen LogP contribution < -0.4 is 5.32 Å². The molecule has 1 aliphatic carbocycles. The zero-order valence-corrected chi connectivity index (χ0v) is 17.6. The molecule has 28 heavy (non-hydrogen) atoms. The lowest BCUT2D eigenvalue weighted by molar-refractivity contribution is -0.117. The molecular weight excluding hydrogens is 370 g/mol. The van der Waals surface area contributed by atoms with Crippen LogP contribution in [0.5, 0.6) is 0 Å². The van der Waals surface area contributed by atoms with Gasteiger partial charge in [0.1, 0.15) is 10.6 Å². The van der Waals surface area contributed by atoms with Gasteiger partial charge in [0.05, 0.1) is 6.61 Å². The Hall–Kier alpha value is -2.14. The number of thiophene rings is 1. The van der Waals surface area contributed by atoms with Crippen molar-refractivity contribution in [3.63, 3.8) is 0 Å². The summed E-state index contributed by atoms with van der Waals surface area (Å²) < 4.78 is 5.28. The SMILES string of the molecule is CCOC(=O)c1c(-c2ccc(CC)cc2)csc1NC(=O)CC1CCCCC1. The molecule has 0 atom stereocenters. The van der Waals surface area contributed by atoms with Crippen LogP contribution in [0.4, 0.5) is 5.00 Å². The van der Waals surface area contributed by atoms with Gasteiger partial charge in [-0.25, -0.2) is 4.79 Å². The molecule has 1 aromatic heterocycles. The maximum Gasteiger partial charge on any atom is 0.341 e. The van der Waals surface area contributed by atoms with Crippen LogP contribution in [0.25, 0.3) is 11.1 Å². The van der Waals surface area contributed by atoms with Gasteiger partial charge in [0.2, 0.25) is 5.91 Å². The number of benzene rings is 1. The number of aryl methyl sites for hydroxylation is 1. The first kappa shape index (κ1) is 20.6. The fraction of sp³-hybridized carbons (Fsp3) is 0.478. The molecule has 1 aliphatic rings. The fourth-order valence-corrected chi connectivity index (χ4v) is 4.79. The molecule has 0 bridgehead atoms. The molecule has 2 aromatic rings. The minimum absolute atomic E-state index is 0.00724. The van der Waals surface area contributed by atoms with Crippen molar-refractivity contribution in [3.05, 3.63) is 40.8 Å². The minimum atomic E-state index is -0.383. The first-order valence-corrected chi connectivity index (χ1v) is 11.2. The molecule has 1 N–H and O–H groups in total. The lowest BCUT2D eigenvalue weighted by Gasteiger charge is -2.20. The van der Waals surface area contributed by atoms with Crippen LogP contribution >= 0.6 is 11.3 Å². The molecule has 3 rings (SSSR count). The number of hydrogen-bond donors (Lipinski definition) is 1. The predicted octanol–water partition coefficient (Wildman–Crippen LogP) is 6.06. The number of anilines is 1. The Balaban J connectivity index is 1.82. The van der Waals surface area contributed by atoms with Gasteiger partial charge < -0.3 is 10.1 Å². The summed E-state index contributed by atoms with van der Waals surface area (Å²) in [6.07, 6.45) is 7.44. The number of ether oxygens (including phenoxy) is 1. The van der Waals surface area contributed by atoms with E-state index in [2.05, 4.69) is 24.4 Å². The average molecular weight is 400 g/mol. The summed E-state index contributed by atoms with van der Waals surface area (Å²) in [6, 6.07) is 8.20. The zero-order chi connectivity index (χ0) is 19.9. The molecule has 150 valence electrons. The van der Waals surface area contributed by atoms with E-state index in [4.69, 9.17) is 4.74 Å². The molecule has 1 aromatic carbocycles. The topological polar surface area (TPSA) is 55.4 Å². The summed E-state index contributed by atoms with van der Waals surface area (Å²) in [5.41, 5.74) is 3.49. The van der Waals surface area contributed by atoms with E-state index in [9.17, 15) is 9.59 Å². The Morgan fingerprint density at radius 2 is 1.82 bits per heavy atom. The molecule has 1 saturated carbocycles. The van der Waals surface area contributed by atoms with E-state index in [1.165, 1.54) is 36.2 Å². The van der Waals surface area contributed by atoms with Crippen molar-refractivity contribution in [1.82, 2.24) is 0 Å². The third kappa shape index (κ3) is 5.02. The largest absolute Gasteiger partial charge is 0.462 e. The van der Waals surface area contributed by atoms with Gasteiger partial charge in [0, 0.05) is 17.4 Å². The van der Waals surface area contributed by atoms with Crippen molar-refractivity contribution in [2.75, 3.05) is 11.9 Å². The quantitative estimate of drug-likeness (QED) is 0.576. The van der Waals surface area contributed by atoms with Crippen LogP contribution in [0, 0.1) is 5.92 Å². The number of carbonyl (C=O) groups excluding carboxylic acids is 2. The molecule has 5 heteroatoms. The van der Waals surface area contributed by atoms with Crippen LogP contribution in [0.15, 0.2) is 29.6 Å². The molecule has 0 spiro atoms. The van der Waals surface area contributed by atoms with Crippen molar-refractivity contribution in [2.45, 2.75) is 58.8 Å². The zero-order valence-electron chi connectivity index (χ0n) is 16.8. The lowest BCUT2D eigenvalue weighted by atomic mass is 9.87. The smallest absolute Gasteiger partial charge is 0.341 e. The monoisotopic (exact) mass is 399 g/mol. The summed E-state index contributed by atoms with van der Waals surface area (Å²) in [5, 5.41) is 5.51. The Labute approximate surface area is 171 Å². The molecule has 0 unspecified atom stereocenters. The van der Waals surface area contributed by atoms with Crippen molar-refractivity contribution in [3.8, 4) is 11.1 Å². The van der Waals surface area contributed by atoms with Crippen molar-refractivity contribution < 1.29 is 14.3 Å². The van der Waals surface area contributed by atoms with Crippen LogP contribution in [-0.4, -0.2) is 18.5 Å². The molecule has 0 aliphatic heterocycles. The Morgan fingerprint density at radius 3 is 2.46 bits per heavy atom. The van der Waals surface area contributed by atoms with Gasteiger partial charge in [-0.3, -0.25) is 4.79 Å². The molecule has 1 amide bonds. The number of nitrogens with one attached hydrogen (secondary N) is 1. The van der Waals surface area contributed by atoms with Crippen LogP contribution in [0.1, 0.15) is 68.3 Å². The van der Waals surface area contributed by atoms with E-state index in [0.29, 0.717) is 29.5 Å². The minimum Gasteiger partial charge on any atom is -0.462 e. The van der Waals surface area contributed by atoms with Crippen molar-refractivity contribution in [2.24, 2.45) is 5.92 Å². The van der Waals surface area contributed by atoms with Gasteiger partial charge in [0.15, 0.2) is 0 Å². The molecule has 0 saturated heterocycles. The van der Waals surface area contributed by atoms with Crippen molar-refractivity contribution >= 4 is 28.2 Å². The van der Waals surface area contributed by atoms with Crippen LogP contribution in [-0.2, 0) is 16.0 Å². The van der Waals surface area contributed by atoms with Crippen LogP contribution in [0.2, 0.25) is 0 Å². The standard InChI is InChI=1S/C23H29NO3S/c1-3-16-10-12-18(13-11-16)19-15-28-22(21(19)23(26)27-4-2)24-20(25)14-17-8-6-5-7-9-17/h10-13,15,17H,3-9,14H2,1-2H3,(H,24,25). The molecular formula is C23H29NO3S. The highest BCUT2D eigenvalue weighted by Crippen LogP contribution is 2.37. The fourth-order valence-electron chi connectivity index (χ4n) is 3.82. The van der Waals surface area contributed by atoms with Gasteiger partial charge in [-0.15, -0.1) is 11.3 Å². The highest BCUT2D eigenvalue weighted by atomic mass is 32.1. The van der Waals surface area contributed by atoms with Gasteiger partial charge in [-0.05, 0) is 43.2 Å². The summed E-state index contributed by atoms with van der Waals surface area (Å²) in [7, 11) is 0. The molecule has 1 heterocycles. The van der Waals surface area contributed by atoms with Crippen molar-refractivity contribution in [1.29, 1.82) is 0 Å². The highest BCUT2D eigenvalue weighted by Gasteiger charge is 2.24. The summed E-state index contributed by atoms with van der Waals surface area (Å²) in [5.74, 6) is 0.0688. The maximum atomic E-state index is 12.6. The van der Waals surface area contributed by atoms with Gasteiger partial charge in [-0.2, -0.15) is 0 Å². The van der Waals surface area contributed by atoms with Gasteiger partial charge in [0.25, 0.3) is 0 Å². The number of amides is 1. The second-order valence-corrected chi connectivity index (χ2v) is 8.26. The Morgan fingerprint density at radius 1 is 1.11 bits per heavy atom. The second-order valence-electron chi connectivity index (χ2n) is 7.38. The summed E-state index contributed by atoms with van der Waals surface area (Å²) in [6.45, 7) is 4.21. The van der Waals surface area contributed by atoms with E-state index in [-0.39, 0.29) is 11.9 Å². The lowest BCUT2D eigenvalue weighted by Crippen LogP contribution is -2.19. The maximum absolute atomic E-state index is 12.6. The van der Waals surface area contributed by atoms with Crippen LogP contribution in [0.3, 0.4) is 0 Å². The Kier molecular flexibility index (Phi) is 7.26. The number of esters is 1. The predicted molar refractivity (Wildman–Crippen MR) is 115 cm³/mol. The third-order valence-corrected chi connectivity index (χ3v) is 6.29. The Bertz CT molecular complexity index is 804. The normalized spacial score (nSPS) is 14.6. The first-order valence-electron chi connectivity index (χ1n) is 10.3. The van der Waals surface area contributed by atoms with E-state index in [1.54, 1.807) is 6.92 Å². The third-order valence-electron chi connectivity index (χ3n) is 5.40. The first-order chi connectivity index (χ1) is 13.6. The molecule has 1 fully saturated rings.